The first-order chi connectivity index (χ1) is 16.1. The van der Waals surface area contributed by atoms with E-state index in [0.717, 1.165) is 55.1 Å². The molecule has 0 aliphatic rings. The zero-order chi connectivity index (χ0) is 22.5. The van der Waals surface area contributed by atoms with Gasteiger partial charge in [0, 0.05) is 45.9 Å². The van der Waals surface area contributed by atoms with Crippen molar-refractivity contribution in [2.24, 2.45) is 0 Å². The first-order valence-electron chi connectivity index (χ1n) is 11.0. The summed E-state index contributed by atoms with van der Waals surface area (Å²) in [6.07, 6.45) is 3.74. The smallest absolute Gasteiger partial charge is 0.255 e. The average molecular weight is 428 g/mol. The van der Waals surface area contributed by atoms with Crippen LogP contribution in [0.2, 0.25) is 0 Å². The average Bonchev–Trinajstić information content (AvgIpc) is 2.85. The van der Waals surface area contributed by atoms with E-state index in [9.17, 15) is 4.79 Å². The normalized spacial score (nSPS) is 11.5. The summed E-state index contributed by atoms with van der Waals surface area (Å²) < 4.78 is 1.80. The van der Waals surface area contributed by atoms with Crippen molar-refractivity contribution >= 4 is 32.7 Å². The zero-order valence-electron chi connectivity index (χ0n) is 18.4. The van der Waals surface area contributed by atoms with Gasteiger partial charge in [0.15, 0.2) is 0 Å². The van der Waals surface area contributed by atoms with E-state index >= 15 is 0 Å². The summed E-state index contributed by atoms with van der Waals surface area (Å²) in [6.45, 7) is 4.15. The standard InChI is InChI=1S/C29H21N3O/c1-18-7-10-24(13-19(18)2)32-28(33)12-9-22-16-31-27-11-8-20(15-25(27)29(22)32)23-14-21-5-3-4-6-26(21)30-17-23/h3-17H,1-2H3. The van der Waals surface area contributed by atoms with Crippen molar-refractivity contribution in [1.82, 2.24) is 14.5 Å². The van der Waals surface area contributed by atoms with E-state index in [1.807, 2.05) is 48.8 Å². The second-order valence-corrected chi connectivity index (χ2v) is 8.49. The van der Waals surface area contributed by atoms with E-state index in [0.29, 0.717) is 0 Å². The number of nitrogens with zero attached hydrogens (tertiary/aromatic N) is 3. The largest absolute Gasteiger partial charge is 0.276 e. The van der Waals surface area contributed by atoms with Gasteiger partial charge < -0.3 is 0 Å². The summed E-state index contributed by atoms with van der Waals surface area (Å²) in [4.78, 5) is 22.4. The van der Waals surface area contributed by atoms with Crippen LogP contribution in [0, 0.1) is 13.8 Å². The van der Waals surface area contributed by atoms with Gasteiger partial charge in [-0.2, -0.15) is 0 Å². The van der Waals surface area contributed by atoms with E-state index in [4.69, 9.17) is 0 Å². The number of benzene rings is 3. The molecule has 0 atom stereocenters. The maximum Gasteiger partial charge on any atom is 0.255 e. The van der Waals surface area contributed by atoms with E-state index in [2.05, 4.69) is 60.2 Å². The number of hydrogen-bond donors (Lipinski definition) is 0. The van der Waals surface area contributed by atoms with E-state index in [-0.39, 0.29) is 5.56 Å². The van der Waals surface area contributed by atoms with Crippen LogP contribution in [-0.2, 0) is 0 Å². The van der Waals surface area contributed by atoms with Crippen LogP contribution >= 0.6 is 0 Å². The second kappa shape index (κ2) is 7.38. The molecule has 6 aromatic rings. The summed E-state index contributed by atoms with van der Waals surface area (Å²) >= 11 is 0. The van der Waals surface area contributed by atoms with Crippen molar-refractivity contribution in [1.29, 1.82) is 0 Å². The molecule has 3 aromatic heterocycles. The minimum absolute atomic E-state index is 0.0592. The molecule has 0 bridgehead atoms. The molecule has 0 spiro atoms. The number of hydrogen-bond acceptors (Lipinski definition) is 3. The molecule has 0 saturated carbocycles. The van der Waals surface area contributed by atoms with Gasteiger partial charge in [0.05, 0.1) is 16.6 Å². The van der Waals surface area contributed by atoms with Crippen molar-refractivity contribution in [2.75, 3.05) is 0 Å². The Morgan fingerprint density at radius 3 is 2.39 bits per heavy atom. The predicted octanol–water partition coefficient (Wildman–Crippen LogP) is 6.37. The minimum atomic E-state index is -0.0592. The van der Waals surface area contributed by atoms with E-state index < -0.39 is 0 Å². The fourth-order valence-electron chi connectivity index (χ4n) is 4.44. The molecule has 0 aliphatic carbocycles. The third kappa shape index (κ3) is 3.19. The molecule has 0 N–H and O–H groups in total. The predicted molar refractivity (Wildman–Crippen MR) is 135 cm³/mol. The molecule has 3 heterocycles. The van der Waals surface area contributed by atoms with Gasteiger partial charge in [-0.05, 0) is 73.0 Å². The summed E-state index contributed by atoms with van der Waals surface area (Å²) in [5.74, 6) is 0. The Kier molecular flexibility index (Phi) is 4.34. The van der Waals surface area contributed by atoms with Crippen LogP contribution in [0.15, 0.2) is 96.1 Å². The van der Waals surface area contributed by atoms with Crippen molar-refractivity contribution < 1.29 is 0 Å². The maximum absolute atomic E-state index is 13.1. The molecule has 0 saturated heterocycles. The van der Waals surface area contributed by atoms with Gasteiger partial charge in [-0.1, -0.05) is 30.3 Å². The number of pyridine rings is 3. The lowest BCUT2D eigenvalue weighted by Gasteiger charge is -2.14. The molecule has 0 unspecified atom stereocenters. The van der Waals surface area contributed by atoms with Crippen molar-refractivity contribution in [2.45, 2.75) is 13.8 Å². The second-order valence-electron chi connectivity index (χ2n) is 8.49. The van der Waals surface area contributed by atoms with Gasteiger partial charge in [-0.25, -0.2) is 0 Å². The molecule has 0 amide bonds. The van der Waals surface area contributed by atoms with E-state index in [1.165, 1.54) is 5.56 Å². The van der Waals surface area contributed by atoms with Crippen LogP contribution < -0.4 is 5.56 Å². The summed E-state index contributed by atoms with van der Waals surface area (Å²) in [6, 6.07) is 26.1. The Bertz CT molecular complexity index is 1770. The van der Waals surface area contributed by atoms with Gasteiger partial charge in [0.25, 0.3) is 5.56 Å². The topological polar surface area (TPSA) is 47.8 Å². The molecule has 0 fully saturated rings. The lowest BCUT2D eigenvalue weighted by Crippen LogP contribution is -2.18. The summed E-state index contributed by atoms with van der Waals surface area (Å²) in [5.41, 5.74) is 7.91. The van der Waals surface area contributed by atoms with Crippen molar-refractivity contribution in [3.05, 3.63) is 113 Å². The molecule has 3 aromatic carbocycles. The molecule has 33 heavy (non-hydrogen) atoms. The van der Waals surface area contributed by atoms with Crippen LogP contribution in [0.5, 0.6) is 0 Å². The number of para-hydroxylation sites is 1. The lowest BCUT2D eigenvalue weighted by molar-refractivity contribution is 1.04. The fraction of sp³-hybridized carbons (Fsp3) is 0.0690. The molecule has 158 valence electrons. The first kappa shape index (κ1) is 19.4. The summed E-state index contributed by atoms with van der Waals surface area (Å²) in [5, 5.41) is 2.96. The third-order valence-electron chi connectivity index (χ3n) is 6.39. The molecular formula is C29H21N3O. The number of rotatable bonds is 2. The van der Waals surface area contributed by atoms with Crippen LogP contribution in [0.4, 0.5) is 0 Å². The lowest BCUT2D eigenvalue weighted by atomic mass is 10.0. The van der Waals surface area contributed by atoms with Gasteiger partial charge >= 0.3 is 0 Å². The van der Waals surface area contributed by atoms with Crippen molar-refractivity contribution in [3.8, 4) is 16.8 Å². The highest BCUT2D eigenvalue weighted by Gasteiger charge is 2.12. The first-order valence-corrected chi connectivity index (χ1v) is 11.0. The monoisotopic (exact) mass is 427 g/mol. The maximum atomic E-state index is 13.1. The number of aromatic nitrogens is 3. The Labute approximate surface area is 190 Å². The van der Waals surface area contributed by atoms with Gasteiger partial charge in [0.2, 0.25) is 0 Å². The van der Waals surface area contributed by atoms with E-state index in [1.54, 1.807) is 10.6 Å². The van der Waals surface area contributed by atoms with Crippen LogP contribution in [0.25, 0.3) is 49.5 Å². The third-order valence-corrected chi connectivity index (χ3v) is 6.39. The molecule has 0 aliphatic heterocycles. The highest BCUT2D eigenvalue weighted by atomic mass is 16.1. The zero-order valence-corrected chi connectivity index (χ0v) is 18.4. The van der Waals surface area contributed by atoms with Gasteiger partial charge in [-0.3, -0.25) is 19.3 Å². The Balaban J connectivity index is 1.66. The Morgan fingerprint density at radius 1 is 0.667 bits per heavy atom. The molecule has 4 heteroatoms. The van der Waals surface area contributed by atoms with Crippen LogP contribution in [0.1, 0.15) is 11.1 Å². The van der Waals surface area contributed by atoms with Crippen molar-refractivity contribution in [3.63, 3.8) is 0 Å². The van der Waals surface area contributed by atoms with Gasteiger partial charge in [0.1, 0.15) is 0 Å². The molecular weight excluding hydrogens is 406 g/mol. The number of fused-ring (bicyclic) bond motifs is 4. The Morgan fingerprint density at radius 2 is 1.52 bits per heavy atom. The highest BCUT2D eigenvalue weighted by Crippen LogP contribution is 2.30. The molecule has 0 radical (unpaired) electrons. The molecule has 6 rings (SSSR count). The molecule has 4 nitrogen and oxygen atoms in total. The summed E-state index contributed by atoms with van der Waals surface area (Å²) in [7, 11) is 0. The van der Waals surface area contributed by atoms with Crippen LogP contribution in [-0.4, -0.2) is 14.5 Å². The Hall–Kier alpha value is -4.31. The van der Waals surface area contributed by atoms with Crippen LogP contribution in [0.3, 0.4) is 0 Å². The minimum Gasteiger partial charge on any atom is -0.276 e. The quantitative estimate of drug-likeness (QED) is 0.302. The number of aryl methyl sites for hydroxylation is 2. The SMILES string of the molecule is Cc1ccc(-n2c(=O)ccc3cnc4ccc(-c5cnc6ccccc6c5)cc4c32)cc1C. The highest BCUT2D eigenvalue weighted by molar-refractivity contribution is 6.05. The fourth-order valence-corrected chi connectivity index (χ4v) is 4.44. The van der Waals surface area contributed by atoms with Gasteiger partial charge in [-0.15, -0.1) is 0 Å².